The largest absolute Gasteiger partial charge is 0.441 e. The normalized spacial score (nSPS) is 12.1. The molecular weight excluding hydrogens is 226 g/mol. The average molecular weight is 247 g/mol. The number of rotatable bonds is 4. The number of aromatic nitrogens is 1. The van der Waals surface area contributed by atoms with Gasteiger partial charge in [-0.3, -0.25) is 0 Å². The number of oxazole rings is 1. The van der Waals surface area contributed by atoms with Gasteiger partial charge in [0.15, 0.2) is 11.5 Å². The Balaban J connectivity index is 2.35. The van der Waals surface area contributed by atoms with Gasteiger partial charge in [-0.15, -0.1) is 0 Å². The minimum absolute atomic E-state index is 0.0290. The van der Waals surface area contributed by atoms with Crippen LogP contribution in [0.4, 0.5) is 5.69 Å². The first-order valence-electron chi connectivity index (χ1n) is 6.25. The first-order valence-corrected chi connectivity index (χ1v) is 6.25. The van der Waals surface area contributed by atoms with Crippen molar-refractivity contribution < 1.29 is 4.42 Å². The van der Waals surface area contributed by atoms with E-state index >= 15 is 0 Å². The molecule has 0 aliphatic rings. The molecule has 2 rings (SSSR count). The third kappa shape index (κ3) is 2.34. The predicted molar refractivity (Wildman–Crippen MR) is 74.9 cm³/mol. The van der Waals surface area contributed by atoms with Crippen molar-refractivity contribution >= 4 is 16.8 Å². The minimum Gasteiger partial charge on any atom is -0.441 e. The third-order valence-electron chi connectivity index (χ3n) is 3.53. The van der Waals surface area contributed by atoms with Crippen molar-refractivity contribution in [1.82, 2.24) is 4.98 Å². The number of anilines is 1. The fourth-order valence-corrected chi connectivity index (χ4v) is 2.11. The van der Waals surface area contributed by atoms with Gasteiger partial charge in [0, 0.05) is 25.2 Å². The predicted octanol–water partition coefficient (Wildman–Crippen LogP) is 2.70. The van der Waals surface area contributed by atoms with Crippen LogP contribution in [0.1, 0.15) is 26.2 Å². The summed E-state index contributed by atoms with van der Waals surface area (Å²) in [6.07, 6.45) is 0.944. The molecule has 0 amide bonds. The number of aryl methyl sites for hydroxylation is 1. The quantitative estimate of drug-likeness (QED) is 0.902. The molecule has 4 heteroatoms. The van der Waals surface area contributed by atoms with E-state index in [-0.39, 0.29) is 5.54 Å². The lowest BCUT2D eigenvalue weighted by atomic mass is 9.98. The topological polar surface area (TPSA) is 55.3 Å². The van der Waals surface area contributed by atoms with Crippen LogP contribution >= 0.6 is 0 Å². The molecule has 4 nitrogen and oxygen atoms in total. The lowest BCUT2D eigenvalue weighted by molar-refractivity contribution is 0.456. The Hall–Kier alpha value is -1.55. The zero-order valence-electron chi connectivity index (χ0n) is 11.5. The van der Waals surface area contributed by atoms with Crippen LogP contribution in [0.2, 0.25) is 0 Å². The van der Waals surface area contributed by atoms with E-state index in [1.807, 2.05) is 13.0 Å². The van der Waals surface area contributed by atoms with Crippen LogP contribution in [0.5, 0.6) is 0 Å². The van der Waals surface area contributed by atoms with Crippen molar-refractivity contribution in [3.05, 3.63) is 24.1 Å². The van der Waals surface area contributed by atoms with Gasteiger partial charge in [-0.05, 0) is 45.0 Å². The van der Waals surface area contributed by atoms with Crippen LogP contribution in [0, 0.1) is 6.92 Å². The molecule has 0 fully saturated rings. The zero-order chi connectivity index (χ0) is 13.3. The van der Waals surface area contributed by atoms with Crippen LogP contribution in [0.3, 0.4) is 0 Å². The molecule has 1 aromatic heterocycles. The summed E-state index contributed by atoms with van der Waals surface area (Å²) in [6.45, 7) is 6.93. The highest BCUT2D eigenvalue weighted by Gasteiger charge is 2.23. The van der Waals surface area contributed by atoms with Crippen molar-refractivity contribution in [2.45, 2.75) is 32.7 Å². The van der Waals surface area contributed by atoms with Crippen LogP contribution < -0.4 is 10.6 Å². The molecule has 2 aromatic rings. The summed E-state index contributed by atoms with van der Waals surface area (Å²) < 4.78 is 5.49. The zero-order valence-corrected chi connectivity index (χ0v) is 11.5. The van der Waals surface area contributed by atoms with Crippen molar-refractivity contribution in [2.24, 2.45) is 5.73 Å². The van der Waals surface area contributed by atoms with Gasteiger partial charge in [-0.1, -0.05) is 0 Å². The molecule has 0 atom stereocenters. The number of hydrogen-bond donors (Lipinski definition) is 1. The highest BCUT2D eigenvalue weighted by Crippen LogP contribution is 2.27. The van der Waals surface area contributed by atoms with Gasteiger partial charge in [0.05, 0.1) is 0 Å². The molecule has 0 bridgehead atoms. The molecule has 18 heavy (non-hydrogen) atoms. The van der Waals surface area contributed by atoms with E-state index in [1.54, 1.807) is 0 Å². The lowest BCUT2D eigenvalue weighted by Crippen LogP contribution is -2.42. The van der Waals surface area contributed by atoms with Crippen molar-refractivity contribution in [3.63, 3.8) is 0 Å². The summed E-state index contributed by atoms with van der Waals surface area (Å²) in [5, 5.41) is 0. The Bertz CT molecular complexity index is 545. The van der Waals surface area contributed by atoms with Crippen molar-refractivity contribution in [1.29, 1.82) is 0 Å². The maximum Gasteiger partial charge on any atom is 0.192 e. The average Bonchev–Trinajstić information content (AvgIpc) is 2.66. The van der Waals surface area contributed by atoms with E-state index in [9.17, 15) is 0 Å². The van der Waals surface area contributed by atoms with E-state index in [4.69, 9.17) is 10.2 Å². The molecule has 1 heterocycles. The summed E-state index contributed by atoms with van der Waals surface area (Å²) in [5.41, 5.74) is 8.57. The Morgan fingerprint density at radius 1 is 1.39 bits per heavy atom. The summed E-state index contributed by atoms with van der Waals surface area (Å²) in [4.78, 5) is 6.61. The number of hydrogen-bond acceptors (Lipinski definition) is 4. The van der Waals surface area contributed by atoms with Gasteiger partial charge < -0.3 is 15.1 Å². The van der Waals surface area contributed by atoms with Gasteiger partial charge >= 0.3 is 0 Å². The van der Waals surface area contributed by atoms with Gasteiger partial charge in [0.1, 0.15) is 5.52 Å². The molecule has 0 aliphatic heterocycles. The molecule has 0 saturated heterocycles. The van der Waals surface area contributed by atoms with Crippen LogP contribution in [-0.2, 0) is 0 Å². The minimum atomic E-state index is 0.0290. The molecule has 1 aromatic carbocycles. The molecule has 0 spiro atoms. The number of nitrogens with two attached hydrogens (primary N) is 1. The Morgan fingerprint density at radius 3 is 2.78 bits per heavy atom. The Kier molecular flexibility index (Phi) is 3.30. The molecular formula is C14H21N3O. The SMILES string of the molecule is Cc1nc2cc(N(C)C(C)(C)CCN)ccc2o1. The fraction of sp³-hybridized carbons (Fsp3) is 0.500. The van der Waals surface area contributed by atoms with E-state index in [0.717, 1.165) is 23.2 Å². The second-order valence-corrected chi connectivity index (χ2v) is 5.30. The number of benzene rings is 1. The summed E-state index contributed by atoms with van der Waals surface area (Å²) in [6, 6.07) is 6.09. The second-order valence-electron chi connectivity index (χ2n) is 5.30. The van der Waals surface area contributed by atoms with E-state index in [0.29, 0.717) is 12.4 Å². The number of nitrogens with zero attached hydrogens (tertiary/aromatic N) is 2. The van der Waals surface area contributed by atoms with Gasteiger partial charge in [0.2, 0.25) is 0 Å². The smallest absolute Gasteiger partial charge is 0.192 e. The highest BCUT2D eigenvalue weighted by molar-refractivity contribution is 5.77. The highest BCUT2D eigenvalue weighted by atomic mass is 16.3. The second kappa shape index (κ2) is 4.61. The van der Waals surface area contributed by atoms with E-state index in [2.05, 4.69) is 42.9 Å². The maximum absolute atomic E-state index is 5.67. The summed E-state index contributed by atoms with van der Waals surface area (Å²) in [5.74, 6) is 0.700. The molecule has 0 saturated carbocycles. The van der Waals surface area contributed by atoms with Gasteiger partial charge in [0.25, 0.3) is 0 Å². The molecule has 2 N–H and O–H groups in total. The van der Waals surface area contributed by atoms with Gasteiger partial charge in [-0.25, -0.2) is 4.98 Å². The van der Waals surface area contributed by atoms with Crippen LogP contribution in [0.15, 0.2) is 22.6 Å². The van der Waals surface area contributed by atoms with Crippen LogP contribution in [-0.4, -0.2) is 24.1 Å². The van der Waals surface area contributed by atoms with Crippen molar-refractivity contribution in [3.8, 4) is 0 Å². The Labute approximate surface area is 108 Å². The number of fused-ring (bicyclic) bond motifs is 1. The summed E-state index contributed by atoms with van der Waals surface area (Å²) >= 11 is 0. The Morgan fingerprint density at radius 2 is 2.11 bits per heavy atom. The molecule has 0 radical (unpaired) electrons. The maximum atomic E-state index is 5.67. The monoisotopic (exact) mass is 247 g/mol. The first-order chi connectivity index (χ1) is 8.44. The summed E-state index contributed by atoms with van der Waals surface area (Å²) in [7, 11) is 2.09. The van der Waals surface area contributed by atoms with Crippen molar-refractivity contribution in [2.75, 3.05) is 18.5 Å². The lowest BCUT2D eigenvalue weighted by Gasteiger charge is -2.37. The standard InChI is InChI=1S/C14H21N3O/c1-10-16-12-9-11(5-6-13(12)18-10)17(4)14(2,3)7-8-15/h5-6,9H,7-8,15H2,1-4H3. The molecule has 0 unspecified atom stereocenters. The molecule has 0 aliphatic carbocycles. The fourth-order valence-electron chi connectivity index (χ4n) is 2.11. The van der Waals surface area contributed by atoms with Gasteiger partial charge in [-0.2, -0.15) is 0 Å². The van der Waals surface area contributed by atoms with Crippen LogP contribution in [0.25, 0.3) is 11.1 Å². The third-order valence-corrected chi connectivity index (χ3v) is 3.53. The first kappa shape index (κ1) is 12.9. The molecule has 98 valence electrons. The van der Waals surface area contributed by atoms with E-state index < -0.39 is 0 Å². The van der Waals surface area contributed by atoms with E-state index in [1.165, 1.54) is 0 Å².